The molecule has 0 unspecified atom stereocenters. The summed E-state index contributed by atoms with van der Waals surface area (Å²) in [5, 5.41) is 0. The van der Waals surface area contributed by atoms with Gasteiger partial charge in [0, 0.05) is 17.7 Å². The fourth-order valence-electron chi connectivity index (χ4n) is 1.57. The summed E-state index contributed by atoms with van der Waals surface area (Å²) in [6.07, 6.45) is 0.781. The summed E-state index contributed by atoms with van der Waals surface area (Å²) in [7, 11) is 1.52. The van der Waals surface area contributed by atoms with E-state index in [-0.39, 0.29) is 11.9 Å². The quantitative estimate of drug-likeness (QED) is 0.831. The summed E-state index contributed by atoms with van der Waals surface area (Å²) in [6.45, 7) is 4.14. The van der Waals surface area contributed by atoms with Crippen molar-refractivity contribution in [3.8, 4) is 5.75 Å². The van der Waals surface area contributed by atoms with Crippen LogP contribution >= 0.6 is 0 Å². The second kappa shape index (κ2) is 5.12. The van der Waals surface area contributed by atoms with Crippen LogP contribution in [0.5, 0.6) is 5.75 Å². The molecule has 2 N–H and O–H groups in total. The lowest BCUT2D eigenvalue weighted by Gasteiger charge is -2.15. The van der Waals surface area contributed by atoms with Crippen LogP contribution in [0.15, 0.2) is 18.2 Å². The Morgan fingerprint density at radius 2 is 2.07 bits per heavy atom. The maximum atomic E-state index is 13.6. The number of ether oxygens (including phenoxy) is 1. The molecule has 0 aliphatic rings. The number of hydrogen-bond acceptors (Lipinski definition) is 2. The standard InChI is InChI=1S/C12H18FNO/c1-8(2)6-12(14)10-5-4-9(15-3)7-11(10)13/h4-5,7-8,12H,6,14H2,1-3H3/t12-/m1/s1. The van der Waals surface area contributed by atoms with Crippen LogP contribution in [-0.4, -0.2) is 7.11 Å². The van der Waals surface area contributed by atoms with Crippen LogP contribution in [0.1, 0.15) is 31.9 Å². The molecule has 15 heavy (non-hydrogen) atoms. The van der Waals surface area contributed by atoms with Crippen molar-refractivity contribution in [3.63, 3.8) is 0 Å². The molecule has 0 aromatic heterocycles. The number of benzene rings is 1. The topological polar surface area (TPSA) is 35.2 Å². The Bertz CT molecular complexity index is 325. The Balaban J connectivity index is 2.85. The zero-order valence-electron chi connectivity index (χ0n) is 9.46. The van der Waals surface area contributed by atoms with E-state index in [2.05, 4.69) is 13.8 Å². The summed E-state index contributed by atoms with van der Waals surface area (Å²) >= 11 is 0. The van der Waals surface area contributed by atoms with Gasteiger partial charge in [-0.1, -0.05) is 19.9 Å². The van der Waals surface area contributed by atoms with E-state index < -0.39 is 0 Å². The van der Waals surface area contributed by atoms with Crippen LogP contribution < -0.4 is 10.5 Å². The Labute approximate surface area is 90.2 Å². The van der Waals surface area contributed by atoms with Gasteiger partial charge in [-0.3, -0.25) is 0 Å². The van der Waals surface area contributed by atoms with Crippen molar-refractivity contribution in [3.05, 3.63) is 29.6 Å². The minimum Gasteiger partial charge on any atom is -0.497 e. The SMILES string of the molecule is COc1ccc([C@H](N)CC(C)C)c(F)c1. The molecule has 84 valence electrons. The molecule has 0 saturated carbocycles. The van der Waals surface area contributed by atoms with Gasteiger partial charge in [-0.15, -0.1) is 0 Å². The van der Waals surface area contributed by atoms with E-state index in [1.54, 1.807) is 12.1 Å². The molecule has 0 heterocycles. The van der Waals surface area contributed by atoms with Crippen molar-refractivity contribution >= 4 is 0 Å². The second-order valence-corrected chi connectivity index (χ2v) is 4.12. The van der Waals surface area contributed by atoms with Crippen molar-refractivity contribution < 1.29 is 9.13 Å². The zero-order chi connectivity index (χ0) is 11.4. The molecule has 0 aliphatic carbocycles. The molecule has 3 heteroatoms. The van der Waals surface area contributed by atoms with Gasteiger partial charge in [-0.05, 0) is 18.4 Å². The first kappa shape index (κ1) is 12.0. The highest BCUT2D eigenvalue weighted by atomic mass is 19.1. The third kappa shape index (κ3) is 3.20. The van der Waals surface area contributed by atoms with E-state index in [1.807, 2.05) is 0 Å². The van der Waals surface area contributed by atoms with Gasteiger partial charge in [-0.25, -0.2) is 4.39 Å². The molecule has 0 amide bonds. The maximum absolute atomic E-state index is 13.6. The van der Waals surface area contributed by atoms with E-state index >= 15 is 0 Å². The summed E-state index contributed by atoms with van der Waals surface area (Å²) in [6, 6.07) is 4.56. The number of methoxy groups -OCH3 is 1. The van der Waals surface area contributed by atoms with Gasteiger partial charge in [0.05, 0.1) is 7.11 Å². The van der Waals surface area contributed by atoms with Crippen LogP contribution in [0.25, 0.3) is 0 Å². The third-order valence-corrected chi connectivity index (χ3v) is 2.33. The molecule has 1 aromatic rings. The molecule has 0 aliphatic heterocycles. The molecule has 0 saturated heterocycles. The molecule has 0 fully saturated rings. The van der Waals surface area contributed by atoms with Crippen molar-refractivity contribution in [2.45, 2.75) is 26.3 Å². The van der Waals surface area contributed by atoms with Crippen LogP contribution in [0.3, 0.4) is 0 Å². The summed E-state index contributed by atoms with van der Waals surface area (Å²) in [5.41, 5.74) is 6.47. The molecule has 1 rings (SSSR count). The first-order chi connectivity index (χ1) is 7.04. The first-order valence-electron chi connectivity index (χ1n) is 5.13. The van der Waals surface area contributed by atoms with Crippen molar-refractivity contribution in [2.75, 3.05) is 7.11 Å². The Morgan fingerprint density at radius 1 is 1.40 bits per heavy atom. The lowest BCUT2D eigenvalue weighted by molar-refractivity contribution is 0.409. The smallest absolute Gasteiger partial charge is 0.131 e. The molecule has 0 bridgehead atoms. The zero-order valence-corrected chi connectivity index (χ0v) is 9.46. The van der Waals surface area contributed by atoms with Gasteiger partial charge in [0.25, 0.3) is 0 Å². The van der Waals surface area contributed by atoms with Gasteiger partial charge in [0.1, 0.15) is 11.6 Å². The van der Waals surface area contributed by atoms with Gasteiger partial charge in [0.2, 0.25) is 0 Å². The van der Waals surface area contributed by atoms with Crippen molar-refractivity contribution in [1.29, 1.82) is 0 Å². The van der Waals surface area contributed by atoms with Crippen LogP contribution in [0, 0.1) is 11.7 Å². The van der Waals surface area contributed by atoms with Gasteiger partial charge in [0.15, 0.2) is 0 Å². The summed E-state index contributed by atoms with van der Waals surface area (Å²) in [4.78, 5) is 0. The third-order valence-electron chi connectivity index (χ3n) is 2.33. The van der Waals surface area contributed by atoms with Crippen molar-refractivity contribution in [1.82, 2.24) is 0 Å². The summed E-state index contributed by atoms with van der Waals surface area (Å²) < 4.78 is 18.5. The van der Waals surface area contributed by atoms with E-state index in [0.29, 0.717) is 17.2 Å². The second-order valence-electron chi connectivity index (χ2n) is 4.12. The average Bonchev–Trinajstić information content (AvgIpc) is 2.16. The van der Waals surface area contributed by atoms with Gasteiger partial charge in [-0.2, -0.15) is 0 Å². The Morgan fingerprint density at radius 3 is 2.53 bits per heavy atom. The fraction of sp³-hybridized carbons (Fsp3) is 0.500. The van der Waals surface area contributed by atoms with E-state index in [9.17, 15) is 4.39 Å². The molecule has 0 spiro atoms. The van der Waals surface area contributed by atoms with E-state index in [4.69, 9.17) is 10.5 Å². The highest BCUT2D eigenvalue weighted by Crippen LogP contribution is 2.24. The van der Waals surface area contributed by atoms with E-state index in [0.717, 1.165) is 6.42 Å². The van der Waals surface area contributed by atoms with E-state index in [1.165, 1.54) is 13.2 Å². The molecule has 1 atom stereocenters. The number of hydrogen-bond donors (Lipinski definition) is 1. The minimum absolute atomic E-state index is 0.240. The van der Waals surface area contributed by atoms with Gasteiger partial charge >= 0.3 is 0 Å². The van der Waals surface area contributed by atoms with Crippen molar-refractivity contribution in [2.24, 2.45) is 11.7 Å². The molecule has 1 aromatic carbocycles. The predicted octanol–water partition coefficient (Wildman–Crippen LogP) is 2.88. The molecular weight excluding hydrogens is 193 g/mol. The van der Waals surface area contributed by atoms with Gasteiger partial charge < -0.3 is 10.5 Å². The highest BCUT2D eigenvalue weighted by Gasteiger charge is 2.13. The lowest BCUT2D eigenvalue weighted by Crippen LogP contribution is -2.14. The Kier molecular flexibility index (Phi) is 4.09. The lowest BCUT2D eigenvalue weighted by atomic mass is 9.97. The summed E-state index contributed by atoms with van der Waals surface area (Å²) in [5.74, 6) is 0.692. The Hall–Kier alpha value is -1.09. The van der Waals surface area contributed by atoms with Crippen LogP contribution in [0.2, 0.25) is 0 Å². The fourth-order valence-corrected chi connectivity index (χ4v) is 1.57. The monoisotopic (exact) mass is 211 g/mol. The maximum Gasteiger partial charge on any atom is 0.131 e. The molecule has 0 radical (unpaired) electrons. The average molecular weight is 211 g/mol. The number of halogens is 1. The van der Waals surface area contributed by atoms with Crippen LogP contribution in [0.4, 0.5) is 4.39 Å². The highest BCUT2D eigenvalue weighted by molar-refractivity contribution is 5.30. The van der Waals surface area contributed by atoms with Crippen LogP contribution in [-0.2, 0) is 0 Å². The first-order valence-corrected chi connectivity index (χ1v) is 5.13. The largest absolute Gasteiger partial charge is 0.497 e. The molecule has 2 nitrogen and oxygen atoms in total. The predicted molar refractivity (Wildman–Crippen MR) is 59.3 cm³/mol. The molecular formula is C12H18FNO. The minimum atomic E-state index is -0.289. The normalized spacial score (nSPS) is 12.9. The number of rotatable bonds is 4. The number of nitrogens with two attached hydrogens (primary N) is 1.